The fraction of sp³-hybridized carbons (Fsp3) is 0.167. The summed E-state index contributed by atoms with van der Waals surface area (Å²) in [5, 5.41) is 2.56. The minimum atomic E-state index is -3.76. The minimum absolute atomic E-state index is 0.0724. The molecular formula is C18H16N4O3S2. The van der Waals surface area contributed by atoms with Gasteiger partial charge in [-0.05, 0) is 30.5 Å². The molecule has 3 aromatic heterocycles. The number of hydrogen-bond acceptors (Lipinski definition) is 6. The molecule has 0 atom stereocenters. The summed E-state index contributed by atoms with van der Waals surface area (Å²) in [6, 6.07) is 10.5. The molecule has 0 saturated carbocycles. The maximum Gasteiger partial charge on any atom is 0.271 e. The van der Waals surface area contributed by atoms with Crippen molar-refractivity contribution in [3.05, 3.63) is 64.2 Å². The Hall–Kier alpha value is -2.62. The van der Waals surface area contributed by atoms with Gasteiger partial charge >= 0.3 is 0 Å². The zero-order chi connectivity index (χ0) is 19.0. The highest BCUT2D eigenvalue weighted by Crippen LogP contribution is 2.21. The second-order valence-electron chi connectivity index (χ2n) is 6.06. The first-order valence-corrected chi connectivity index (χ1v) is 10.6. The first kappa shape index (κ1) is 17.8. The van der Waals surface area contributed by atoms with Gasteiger partial charge in [0.25, 0.3) is 5.56 Å². The number of rotatable bonds is 5. The Morgan fingerprint density at radius 2 is 2.04 bits per heavy atom. The van der Waals surface area contributed by atoms with Crippen molar-refractivity contribution in [3.63, 3.8) is 0 Å². The van der Waals surface area contributed by atoms with Crippen LogP contribution in [0.2, 0.25) is 0 Å². The van der Waals surface area contributed by atoms with Crippen molar-refractivity contribution in [2.75, 3.05) is 6.54 Å². The van der Waals surface area contributed by atoms with Crippen LogP contribution < -0.4 is 10.3 Å². The first-order chi connectivity index (χ1) is 13.0. The molecule has 0 aliphatic carbocycles. The van der Waals surface area contributed by atoms with E-state index in [4.69, 9.17) is 0 Å². The van der Waals surface area contributed by atoms with Crippen LogP contribution in [0.3, 0.4) is 0 Å². The van der Waals surface area contributed by atoms with Gasteiger partial charge in [-0.1, -0.05) is 18.2 Å². The van der Waals surface area contributed by atoms with Gasteiger partial charge in [-0.2, -0.15) is 0 Å². The Balaban J connectivity index is 1.58. The van der Waals surface area contributed by atoms with Gasteiger partial charge in [0, 0.05) is 24.2 Å². The van der Waals surface area contributed by atoms with Crippen molar-refractivity contribution in [2.45, 2.75) is 18.4 Å². The highest BCUT2D eigenvalue weighted by molar-refractivity contribution is 7.89. The highest BCUT2D eigenvalue weighted by atomic mass is 32.2. The van der Waals surface area contributed by atoms with E-state index in [2.05, 4.69) is 14.7 Å². The maximum atomic E-state index is 12.8. The van der Waals surface area contributed by atoms with Crippen LogP contribution in [0, 0.1) is 6.92 Å². The molecule has 138 valence electrons. The Bertz CT molecular complexity index is 1310. The Morgan fingerprint density at radius 1 is 1.19 bits per heavy atom. The molecule has 1 aromatic carbocycles. The molecule has 0 saturated heterocycles. The maximum absolute atomic E-state index is 12.8. The topological polar surface area (TPSA) is 94.0 Å². The van der Waals surface area contributed by atoms with Crippen LogP contribution >= 0.6 is 11.3 Å². The number of nitrogens with zero attached hydrogens (tertiary/aromatic N) is 3. The van der Waals surface area contributed by atoms with E-state index in [-0.39, 0.29) is 23.5 Å². The third kappa shape index (κ3) is 3.36. The lowest BCUT2D eigenvalue weighted by Crippen LogP contribution is -2.31. The number of nitrogens with one attached hydrogen (secondary N) is 1. The van der Waals surface area contributed by atoms with E-state index >= 15 is 0 Å². The molecule has 27 heavy (non-hydrogen) atoms. The second kappa shape index (κ2) is 6.84. The molecule has 0 spiro atoms. The van der Waals surface area contributed by atoms with Gasteiger partial charge in [0.05, 0.1) is 17.4 Å². The number of para-hydroxylation sites is 1. The average molecular weight is 400 g/mol. The molecule has 0 aliphatic heterocycles. The average Bonchev–Trinajstić information content (AvgIpc) is 3.12. The van der Waals surface area contributed by atoms with Crippen LogP contribution in [-0.4, -0.2) is 29.5 Å². The zero-order valence-electron chi connectivity index (χ0n) is 14.4. The molecule has 7 nitrogen and oxygen atoms in total. The number of aromatic nitrogens is 3. The van der Waals surface area contributed by atoms with Gasteiger partial charge in [-0.15, -0.1) is 11.3 Å². The SMILES string of the molecule is Cc1ccc2cccc(S(=O)(=O)NCCn3cnc4ccsc4c3=O)c2n1. The molecule has 3 heterocycles. The van der Waals surface area contributed by atoms with Gasteiger partial charge in [0.15, 0.2) is 0 Å². The van der Waals surface area contributed by atoms with Gasteiger partial charge in [0.2, 0.25) is 10.0 Å². The van der Waals surface area contributed by atoms with Crippen LogP contribution in [0.5, 0.6) is 0 Å². The van der Waals surface area contributed by atoms with E-state index in [9.17, 15) is 13.2 Å². The molecule has 0 bridgehead atoms. The summed E-state index contributed by atoms with van der Waals surface area (Å²) in [6.45, 7) is 2.08. The van der Waals surface area contributed by atoms with Crippen molar-refractivity contribution < 1.29 is 8.42 Å². The molecule has 0 radical (unpaired) electrons. The molecule has 0 amide bonds. The lowest BCUT2D eigenvalue weighted by molar-refractivity contribution is 0.570. The molecule has 0 unspecified atom stereocenters. The number of pyridine rings is 1. The number of aryl methyl sites for hydroxylation is 1. The molecule has 9 heteroatoms. The highest BCUT2D eigenvalue weighted by Gasteiger charge is 2.18. The van der Waals surface area contributed by atoms with Crippen molar-refractivity contribution in [1.82, 2.24) is 19.3 Å². The summed E-state index contributed by atoms with van der Waals surface area (Å²) < 4.78 is 30.0. The second-order valence-corrected chi connectivity index (χ2v) is 8.71. The monoisotopic (exact) mass is 400 g/mol. The number of sulfonamides is 1. The molecule has 4 aromatic rings. The van der Waals surface area contributed by atoms with E-state index in [0.717, 1.165) is 11.1 Å². The van der Waals surface area contributed by atoms with Gasteiger partial charge in [0.1, 0.15) is 9.60 Å². The zero-order valence-corrected chi connectivity index (χ0v) is 16.0. The number of thiophene rings is 1. The van der Waals surface area contributed by atoms with Crippen molar-refractivity contribution in [3.8, 4) is 0 Å². The summed E-state index contributed by atoms with van der Waals surface area (Å²) in [7, 11) is -3.76. The number of benzene rings is 1. The largest absolute Gasteiger partial charge is 0.297 e. The van der Waals surface area contributed by atoms with Gasteiger partial charge in [-0.3, -0.25) is 14.3 Å². The number of fused-ring (bicyclic) bond motifs is 2. The number of hydrogen-bond donors (Lipinski definition) is 1. The van der Waals surface area contributed by atoms with Crippen molar-refractivity contribution in [1.29, 1.82) is 0 Å². The Kier molecular flexibility index (Phi) is 4.50. The van der Waals surface area contributed by atoms with E-state index in [1.807, 2.05) is 30.5 Å². The Morgan fingerprint density at radius 3 is 2.89 bits per heavy atom. The van der Waals surface area contributed by atoms with Crippen LogP contribution in [0.4, 0.5) is 0 Å². The van der Waals surface area contributed by atoms with E-state index < -0.39 is 10.0 Å². The predicted molar refractivity (Wildman–Crippen MR) is 106 cm³/mol. The first-order valence-electron chi connectivity index (χ1n) is 8.24. The summed E-state index contributed by atoms with van der Waals surface area (Å²) in [5.41, 5.74) is 1.66. The summed E-state index contributed by atoms with van der Waals surface area (Å²) in [5.74, 6) is 0. The van der Waals surface area contributed by atoms with E-state index in [0.29, 0.717) is 15.7 Å². The summed E-state index contributed by atoms with van der Waals surface area (Å²) in [4.78, 5) is 21.1. The Labute approximate surface area is 159 Å². The smallest absolute Gasteiger partial charge is 0.271 e. The molecule has 0 aliphatic rings. The summed E-state index contributed by atoms with van der Waals surface area (Å²) >= 11 is 1.32. The molecule has 0 fully saturated rings. The van der Waals surface area contributed by atoms with Crippen LogP contribution in [0.25, 0.3) is 21.1 Å². The fourth-order valence-corrected chi connectivity index (χ4v) is 4.83. The van der Waals surface area contributed by atoms with Crippen molar-refractivity contribution in [2.24, 2.45) is 0 Å². The molecular weight excluding hydrogens is 384 g/mol. The lowest BCUT2D eigenvalue weighted by Gasteiger charge is -2.10. The molecule has 4 rings (SSSR count). The third-order valence-electron chi connectivity index (χ3n) is 4.19. The molecule has 1 N–H and O–H groups in total. The van der Waals surface area contributed by atoms with Gasteiger partial charge in [-0.25, -0.2) is 18.1 Å². The normalized spacial score (nSPS) is 12.0. The van der Waals surface area contributed by atoms with Crippen LogP contribution in [-0.2, 0) is 16.6 Å². The fourth-order valence-electron chi connectivity index (χ4n) is 2.85. The quantitative estimate of drug-likeness (QED) is 0.555. The van der Waals surface area contributed by atoms with E-state index in [1.54, 1.807) is 12.1 Å². The predicted octanol–water partition coefficient (Wildman–Crippen LogP) is 2.29. The summed E-state index contributed by atoms with van der Waals surface area (Å²) in [6.07, 6.45) is 1.44. The van der Waals surface area contributed by atoms with E-state index in [1.165, 1.54) is 28.3 Å². The van der Waals surface area contributed by atoms with Crippen molar-refractivity contribution >= 4 is 42.5 Å². The standard InChI is InChI=1S/C18H16N4O3S2/c1-12-5-6-13-3-2-4-15(16(13)21-12)27(24,25)20-8-9-22-11-19-14-7-10-26-17(14)18(22)23/h2-7,10-11,20H,8-9H2,1H3. The lowest BCUT2D eigenvalue weighted by atomic mass is 10.2. The van der Waals surface area contributed by atoms with Gasteiger partial charge < -0.3 is 0 Å². The van der Waals surface area contributed by atoms with Crippen LogP contribution in [0.1, 0.15) is 5.69 Å². The van der Waals surface area contributed by atoms with Crippen LogP contribution in [0.15, 0.2) is 57.8 Å². The third-order valence-corrected chi connectivity index (χ3v) is 6.58. The minimum Gasteiger partial charge on any atom is -0.297 e.